The van der Waals surface area contributed by atoms with Crippen LogP contribution in [0.4, 0.5) is 45.5 Å². The van der Waals surface area contributed by atoms with E-state index in [1.165, 1.54) is 4.90 Å². The standard InChI is InChI=1S/C48H24N16/c1-53-35-11-23-41(24-12-35)62(39-19-7-33(29-51)8-20-39)44-57-46-55-43(61(37-15-3-31(27-49)4-16-37)38-17-5-32(28-50)6-18-38)56-47-58-45(60-48(59-44)64(46)47)63(40-21-9-34(30-52)10-22-40)42-25-13-36(54-2)14-26-42/h3-26H. The average Bonchev–Trinajstić information content (AvgIpc) is 3.35. The van der Waals surface area contributed by atoms with E-state index in [1.807, 2.05) is 0 Å². The highest BCUT2D eigenvalue weighted by Gasteiger charge is 2.39. The third-order valence-corrected chi connectivity index (χ3v) is 9.89. The molecule has 0 aliphatic carbocycles. The second kappa shape index (κ2) is 16.6. The minimum Gasteiger partial charge on any atom is -0.279 e. The molecule has 0 aromatic heterocycles. The van der Waals surface area contributed by atoms with E-state index in [0.29, 0.717) is 67.8 Å². The molecule has 296 valence electrons. The Morgan fingerprint density at radius 2 is 0.562 bits per heavy atom. The van der Waals surface area contributed by atoms with Gasteiger partial charge in [0.2, 0.25) is 35.8 Å². The maximum Gasteiger partial charge on any atom is 0.246 e. The molecule has 0 spiro atoms. The number of guanidine groups is 6. The first kappa shape index (κ1) is 39.0. The van der Waals surface area contributed by atoms with Gasteiger partial charge in [-0.1, -0.05) is 24.3 Å². The second-order valence-corrected chi connectivity index (χ2v) is 13.7. The van der Waals surface area contributed by atoms with Crippen molar-refractivity contribution in [2.24, 2.45) is 30.0 Å². The van der Waals surface area contributed by atoms with Gasteiger partial charge in [-0.3, -0.25) is 14.7 Å². The van der Waals surface area contributed by atoms with E-state index in [1.54, 1.807) is 160 Å². The van der Waals surface area contributed by atoms with Crippen molar-refractivity contribution >= 4 is 81.3 Å². The maximum absolute atomic E-state index is 9.63. The molecule has 0 saturated heterocycles. The monoisotopic (exact) mass is 824 g/mol. The molecule has 0 radical (unpaired) electrons. The van der Waals surface area contributed by atoms with E-state index in [9.17, 15) is 21.0 Å². The third kappa shape index (κ3) is 7.36. The number of nitrogens with zero attached hydrogens (tertiary/aromatic N) is 16. The molecule has 3 heterocycles. The van der Waals surface area contributed by atoms with E-state index in [0.717, 1.165) is 0 Å². The number of nitriles is 4. The highest BCUT2D eigenvalue weighted by Crippen LogP contribution is 2.35. The van der Waals surface area contributed by atoms with Gasteiger partial charge in [0.25, 0.3) is 0 Å². The molecule has 3 aliphatic heterocycles. The van der Waals surface area contributed by atoms with Gasteiger partial charge in [-0.25, -0.2) is 14.6 Å². The molecule has 0 unspecified atom stereocenters. The molecule has 0 atom stereocenters. The first-order valence-corrected chi connectivity index (χ1v) is 19.1. The average molecular weight is 825 g/mol. The van der Waals surface area contributed by atoms with Crippen LogP contribution in [-0.2, 0) is 0 Å². The summed E-state index contributed by atoms with van der Waals surface area (Å²) in [5.41, 5.74) is 6.10. The van der Waals surface area contributed by atoms with Crippen LogP contribution in [0, 0.1) is 58.5 Å². The largest absolute Gasteiger partial charge is 0.279 e. The van der Waals surface area contributed by atoms with Gasteiger partial charge >= 0.3 is 0 Å². The maximum atomic E-state index is 9.63. The van der Waals surface area contributed by atoms with Crippen molar-refractivity contribution in [2.45, 2.75) is 0 Å². The third-order valence-electron chi connectivity index (χ3n) is 9.89. The number of rotatable bonds is 6. The molecule has 0 fully saturated rings. The van der Waals surface area contributed by atoms with Gasteiger partial charge in [-0.15, -0.1) is 0 Å². The zero-order valence-corrected chi connectivity index (χ0v) is 33.0. The van der Waals surface area contributed by atoms with Gasteiger partial charge in [0.1, 0.15) is 0 Å². The summed E-state index contributed by atoms with van der Waals surface area (Å²) in [5, 5.41) is 38.5. The van der Waals surface area contributed by atoms with Crippen molar-refractivity contribution in [1.82, 2.24) is 4.90 Å². The molecule has 16 nitrogen and oxygen atoms in total. The predicted molar refractivity (Wildman–Crippen MR) is 243 cm³/mol. The summed E-state index contributed by atoms with van der Waals surface area (Å²) >= 11 is 0. The molecule has 0 N–H and O–H groups in total. The molecule has 16 heteroatoms. The number of hydrogen-bond acceptors (Lipinski definition) is 14. The van der Waals surface area contributed by atoms with Crippen molar-refractivity contribution in [3.63, 3.8) is 0 Å². The minimum atomic E-state index is 0.0848. The Bertz CT molecular complexity index is 2770. The summed E-state index contributed by atoms with van der Waals surface area (Å²) in [7, 11) is 0. The SMILES string of the molecule is [C-]#[N+]c1ccc(N(C2=NC3=NC(N(c4ccc(C#N)cc4)c4ccc([N+]#[C-])cc4)=NC4=NC(N(c5ccc(C#N)cc5)c5ccc(C#N)cc5)=NC(=N2)N43)c2ccc(C#N)cc2)cc1. The van der Waals surface area contributed by atoms with Gasteiger partial charge in [0, 0.05) is 34.1 Å². The topological polar surface area (TPSA) is 191 Å². The van der Waals surface area contributed by atoms with Crippen LogP contribution in [0.2, 0.25) is 0 Å². The van der Waals surface area contributed by atoms with Crippen molar-refractivity contribution < 1.29 is 0 Å². The highest BCUT2D eigenvalue weighted by atomic mass is 15.6. The Balaban J connectivity index is 1.30. The van der Waals surface area contributed by atoms with E-state index in [4.69, 9.17) is 43.1 Å². The van der Waals surface area contributed by atoms with Crippen molar-refractivity contribution in [2.75, 3.05) is 14.7 Å². The van der Waals surface area contributed by atoms with Crippen LogP contribution < -0.4 is 14.7 Å². The van der Waals surface area contributed by atoms with Crippen molar-refractivity contribution in [3.05, 3.63) is 191 Å². The summed E-state index contributed by atoms with van der Waals surface area (Å²) in [6, 6.07) is 49.7. The van der Waals surface area contributed by atoms with Gasteiger partial charge in [0.15, 0.2) is 11.4 Å². The fourth-order valence-corrected chi connectivity index (χ4v) is 6.79. The number of aliphatic imine (C=N–C) groups is 6. The quantitative estimate of drug-likeness (QED) is 0.148. The second-order valence-electron chi connectivity index (χ2n) is 13.7. The zero-order valence-electron chi connectivity index (χ0n) is 33.0. The Morgan fingerprint density at radius 1 is 0.344 bits per heavy atom. The lowest BCUT2D eigenvalue weighted by atomic mass is 10.1. The lowest BCUT2D eigenvalue weighted by Crippen LogP contribution is -2.51. The Morgan fingerprint density at radius 3 is 0.766 bits per heavy atom. The lowest BCUT2D eigenvalue weighted by molar-refractivity contribution is 0.821. The van der Waals surface area contributed by atoms with Crippen LogP contribution in [0.1, 0.15) is 22.3 Å². The van der Waals surface area contributed by atoms with E-state index in [-0.39, 0.29) is 35.8 Å². The molecule has 6 aromatic rings. The molecule has 3 aliphatic rings. The first-order valence-electron chi connectivity index (χ1n) is 19.1. The molecule has 0 amide bonds. The highest BCUT2D eigenvalue weighted by molar-refractivity contribution is 6.34. The molecular formula is C48H24N16. The van der Waals surface area contributed by atoms with E-state index < -0.39 is 0 Å². The van der Waals surface area contributed by atoms with Crippen molar-refractivity contribution in [1.29, 1.82) is 21.0 Å². The number of benzene rings is 6. The fourth-order valence-electron chi connectivity index (χ4n) is 6.79. The summed E-state index contributed by atoms with van der Waals surface area (Å²) < 4.78 is 0. The normalized spacial score (nSPS) is 13.1. The molecular weight excluding hydrogens is 801 g/mol. The van der Waals surface area contributed by atoms with E-state index >= 15 is 0 Å². The van der Waals surface area contributed by atoms with Crippen LogP contribution in [0.25, 0.3) is 9.69 Å². The molecule has 0 bridgehead atoms. The minimum absolute atomic E-state index is 0.0848. The number of anilines is 6. The summed E-state index contributed by atoms with van der Waals surface area (Å²) in [5.74, 6) is 0.601. The van der Waals surface area contributed by atoms with Crippen molar-refractivity contribution in [3.8, 4) is 24.3 Å². The van der Waals surface area contributed by atoms with Gasteiger partial charge in [-0.05, 0) is 121 Å². The summed E-state index contributed by atoms with van der Waals surface area (Å²) in [6.45, 7) is 15.1. The Labute approximate surface area is 365 Å². The van der Waals surface area contributed by atoms with Crippen LogP contribution >= 0.6 is 0 Å². The number of hydrogen-bond donors (Lipinski definition) is 0. The van der Waals surface area contributed by atoms with Gasteiger partial charge < -0.3 is 0 Å². The predicted octanol–water partition coefficient (Wildman–Crippen LogP) is 9.57. The zero-order chi connectivity index (χ0) is 44.2. The lowest BCUT2D eigenvalue weighted by Gasteiger charge is -2.36. The van der Waals surface area contributed by atoms with Crippen LogP contribution in [0.3, 0.4) is 0 Å². The van der Waals surface area contributed by atoms with Crippen LogP contribution in [0.15, 0.2) is 176 Å². The van der Waals surface area contributed by atoms with Crippen LogP contribution in [-0.4, -0.2) is 40.7 Å². The first-order chi connectivity index (χ1) is 31.4. The fraction of sp³-hybridized carbons (Fsp3) is 0. The van der Waals surface area contributed by atoms with E-state index in [2.05, 4.69) is 34.0 Å². The summed E-state index contributed by atoms with van der Waals surface area (Å²) in [6.07, 6.45) is 0. The van der Waals surface area contributed by atoms with Gasteiger partial charge in [-0.2, -0.15) is 51.0 Å². The molecule has 6 aromatic carbocycles. The Hall–Kier alpha value is -10.5. The molecule has 9 rings (SSSR count). The smallest absolute Gasteiger partial charge is 0.246 e. The Kier molecular flexibility index (Phi) is 10.1. The molecule has 0 saturated carbocycles. The molecule has 64 heavy (non-hydrogen) atoms. The van der Waals surface area contributed by atoms with Crippen LogP contribution in [0.5, 0.6) is 0 Å². The summed E-state index contributed by atoms with van der Waals surface area (Å²) in [4.78, 5) is 43.9. The van der Waals surface area contributed by atoms with Gasteiger partial charge in [0.05, 0.1) is 59.7 Å².